The number of nitriles is 1. The number of alkyl halides is 1. The largest absolute Gasteiger partial charge is 0.333 e. The molecule has 2 rings (SSSR count). The maximum absolute atomic E-state index is 12.6. The Balaban J connectivity index is 2.14. The number of nitrogens with zero attached hydrogens (tertiary/aromatic N) is 3. The molecular weight excluding hydrogens is 318 g/mol. The first-order chi connectivity index (χ1) is 9.76. The first-order valence-corrected chi connectivity index (χ1v) is 8.11. The summed E-state index contributed by atoms with van der Waals surface area (Å²) in [5.74, 6) is -0.0270. The van der Waals surface area contributed by atoms with Gasteiger partial charge >= 0.3 is 0 Å². The molecular formula is C15H18BrN3O. The second-order valence-corrected chi connectivity index (χ2v) is 5.82. The minimum absolute atomic E-state index is 0.0270. The summed E-state index contributed by atoms with van der Waals surface area (Å²) in [5.41, 5.74) is 0.904. The van der Waals surface area contributed by atoms with E-state index in [4.69, 9.17) is 5.26 Å². The average Bonchev–Trinajstić information content (AvgIpc) is 2.53. The minimum atomic E-state index is -0.0270. The van der Waals surface area contributed by atoms with E-state index in [1.54, 1.807) is 12.1 Å². The minimum Gasteiger partial charge on any atom is -0.333 e. The number of amides is 1. The van der Waals surface area contributed by atoms with Crippen molar-refractivity contribution in [1.82, 2.24) is 9.88 Å². The number of pyridine rings is 1. The van der Waals surface area contributed by atoms with Crippen LogP contribution in [0.25, 0.3) is 0 Å². The van der Waals surface area contributed by atoms with Crippen molar-refractivity contribution in [2.45, 2.75) is 38.1 Å². The molecule has 1 saturated carbocycles. The third kappa shape index (κ3) is 3.57. The van der Waals surface area contributed by atoms with Gasteiger partial charge in [-0.1, -0.05) is 35.2 Å². The van der Waals surface area contributed by atoms with Crippen LogP contribution in [0.3, 0.4) is 0 Å². The maximum Gasteiger partial charge on any atom is 0.272 e. The van der Waals surface area contributed by atoms with Crippen LogP contribution in [-0.2, 0) is 0 Å². The fourth-order valence-corrected chi connectivity index (χ4v) is 3.05. The molecule has 1 aromatic heterocycles. The zero-order chi connectivity index (χ0) is 14.4. The Kier molecular flexibility index (Phi) is 5.54. The molecule has 1 amide bonds. The summed E-state index contributed by atoms with van der Waals surface area (Å²) in [4.78, 5) is 18.6. The summed E-state index contributed by atoms with van der Waals surface area (Å²) < 4.78 is 0. The second-order valence-electron chi connectivity index (χ2n) is 5.02. The average molecular weight is 336 g/mol. The summed E-state index contributed by atoms with van der Waals surface area (Å²) in [6, 6.07) is 5.63. The van der Waals surface area contributed by atoms with Gasteiger partial charge in [0, 0.05) is 24.1 Å². The van der Waals surface area contributed by atoms with E-state index in [1.165, 1.54) is 25.5 Å². The molecule has 20 heavy (non-hydrogen) atoms. The molecule has 5 heteroatoms. The van der Waals surface area contributed by atoms with Crippen molar-refractivity contribution in [2.75, 3.05) is 11.9 Å². The van der Waals surface area contributed by atoms with Crippen molar-refractivity contribution in [3.05, 3.63) is 29.6 Å². The van der Waals surface area contributed by atoms with Crippen LogP contribution in [0.5, 0.6) is 0 Å². The van der Waals surface area contributed by atoms with Crippen LogP contribution < -0.4 is 0 Å². The summed E-state index contributed by atoms with van der Waals surface area (Å²) >= 11 is 3.42. The highest BCUT2D eigenvalue weighted by molar-refractivity contribution is 9.09. The van der Waals surface area contributed by atoms with Crippen LogP contribution in [0.2, 0.25) is 0 Å². The lowest BCUT2D eigenvalue weighted by Crippen LogP contribution is -2.42. The lowest BCUT2D eigenvalue weighted by Gasteiger charge is -2.33. The van der Waals surface area contributed by atoms with Crippen LogP contribution in [0.1, 0.15) is 48.2 Å². The van der Waals surface area contributed by atoms with Gasteiger partial charge in [0.2, 0.25) is 0 Å². The van der Waals surface area contributed by atoms with Gasteiger partial charge in [-0.2, -0.15) is 5.26 Å². The number of carbonyl (C=O) groups is 1. The van der Waals surface area contributed by atoms with Gasteiger partial charge in [-0.3, -0.25) is 4.79 Å². The molecule has 0 N–H and O–H groups in total. The predicted octanol–water partition coefficient (Wildman–Crippen LogP) is 3.12. The zero-order valence-electron chi connectivity index (χ0n) is 11.4. The SMILES string of the molecule is N#Cc1ccc(C(=O)N(CCBr)C2CCCCC2)nc1. The Hall–Kier alpha value is -1.41. The number of aromatic nitrogens is 1. The van der Waals surface area contributed by atoms with Crippen molar-refractivity contribution < 1.29 is 4.79 Å². The van der Waals surface area contributed by atoms with E-state index < -0.39 is 0 Å². The van der Waals surface area contributed by atoms with E-state index in [2.05, 4.69) is 20.9 Å². The summed E-state index contributed by atoms with van der Waals surface area (Å²) in [7, 11) is 0. The van der Waals surface area contributed by atoms with Crippen LogP contribution in [0.15, 0.2) is 18.3 Å². The molecule has 0 spiro atoms. The molecule has 0 aromatic carbocycles. The van der Waals surface area contributed by atoms with Crippen molar-refractivity contribution >= 4 is 21.8 Å². The molecule has 0 atom stereocenters. The normalized spacial score (nSPS) is 15.6. The lowest BCUT2D eigenvalue weighted by molar-refractivity contribution is 0.0645. The Labute approximate surface area is 127 Å². The van der Waals surface area contributed by atoms with Gasteiger partial charge in [0.25, 0.3) is 5.91 Å². The molecule has 1 aromatic rings. The highest BCUT2D eigenvalue weighted by Gasteiger charge is 2.26. The van der Waals surface area contributed by atoms with E-state index in [0.717, 1.165) is 18.2 Å². The number of halogens is 1. The van der Waals surface area contributed by atoms with Crippen molar-refractivity contribution in [2.24, 2.45) is 0 Å². The van der Waals surface area contributed by atoms with Gasteiger partial charge in [-0.15, -0.1) is 0 Å². The lowest BCUT2D eigenvalue weighted by atomic mass is 9.94. The highest BCUT2D eigenvalue weighted by Crippen LogP contribution is 2.23. The Bertz CT molecular complexity index is 489. The molecule has 0 bridgehead atoms. The molecule has 106 valence electrons. The van der Waals surface area contributed by atoms with Gasteiger partial charge in [0.15, 0.2) is 0 Å². The van der Waals surface area contributed by atoms with Crippen molar-refractivity contribution in [3.63, 3.8) is 0 Å². The number of rotatable bonds is 4. The van der Waals surface area contributed by atoms with Crippen LogP contribution in [0, 0.1) is 11.3 Å². The molecule has 0 radical (unpaired) electrons. The maximum atomic E-state index is 12.6. The fraction of sp³-hybridized carbons (Fsp3) is 0.533. The van der Waals surface area contributed by atoms with Gasteiger partial charge in [0.1, 0.15) is 11.8 Å². The molecule has 0 saturated heterocycles. The standard InChI is InChI=1S/C15H18BrN3O/c16-8-9-19(13-4-2-1-3-5-13)15(20)14-7-6-12(10-17)11-18-14/h6-7,11,13H,1-5,8-9H2. The molecule has 1 aliphatic carbocycles. The number of carbonyl (C=O) groups excluding carboxylic acids is 1. The Morgan fingerprint density at radius 3 is 2.70 bits per heavy atom. The topological polar surface area (TPSA) is 57.0 Å². The molecule has 0 aliphatic heterocycles. The summed E-state index contributed by atoms with van der Waals surface area (Å²) in [5, 5.41) is 9.54. The van der Waals surface area contributed by atoms with E-state index in [9.17, 15) is 4.79 Å². The first kappa shape index (κ1) is 15.0. The Morgan fingerprint density at radius 1 is 1.40 bits per heavy atom. The second kappa shape index (κ2) is 7.39. The first-order valence-electron chi connectivity index (χ1n) is 6.99. The van der Waals surface area contributed by atoms with E-state index >= 15 is 0 Å². The van der Waals surface area contributed by atoms with E-state index in [0.29, 0.717) is 23.8 Å². The Morgan fingerprint density at radius 2 is 2.15 bits per heavy atom. The van der Waals surface area contributed by atoms with Gasteiger partial charge in [0.05, 0.1) is 5.56 Å². The third-order valence-corrected chi connectivity index (χ3v) is 4.07. The quantitative estimate of drug-likeness (QED) is 0.794. The van der Waals surface area contributed by atoms with Gasteiger partial charge < -0.3 is 4.90 Å². The van der Waals surface area contributed by atoms with Crippen molar-refractivity contribution in [3.8, 4) is 6.07 Å². The van der Waals surface area contributed by atoms with Crippen LogP contribution >= 0.6 is 15.9 Å². The summed E-state index contributed by atoms with van der Waals surface area (Å²) in [6.45, 7) is 0.700. The summed E-state index contributed by atoms with van der Waals surface area (Å²) in [6.07, 6.45) is 7.27. The van der Waals surface area contributed by atoms with E-state index in [-0.39, 0.29) is 5.91 Å². The van der Waals surface area contributed by atoms with Gasteiger partial charge in [-0.25, -0.2) is 4.98 Å². The number of hydrogen-bond acceptors (Lipinski definition) is 3. The molecule has 1 fully saturated rings. The van der Waals surface area contributed by atoms with Crippen LogP contribution in [-0.4, -0.2) is 33.7 Å². The van der Waals surface area contributed by atoms with Crippen LogP contribution in [0.4, 0.5) is 0 Å². The monoisotopic (exact) mass is 335 g/mol. The predicted molar refractivity (Wildman–Crippen MR) is 80.7 cm³/mol. The molecule has 4 nitrogen and oxygen atoms in total. The highest BCUT2D eigenvalue weighted by atomic mass is 79.9. The zero-order valence-corrected chi connectivity index (χ0v) is 13.0. The van der Waals surface area contributed by atoms with Crippen molar-refractivity contribution in [1.29, 1.82) is 5.26 Å². The van der Waals surface area contributed by atoms with Gasteiger partial charge in [-0.05, 0) is 25.0 Å². The molecule has 0 unspecified atom stereocenters. The van der Waals surface area contributed by atoms with E-state index in [1.807, 2.05) is 11.0 Å². The smallest absolute Gasteiger partial charge is 0.272 e. The number of hydrogen-bond donors (Lipinski definition) is 0. The molecule has 1 aliphatic rings. The third-order valence-electron chi connectivity index (χ3n) is 3.71. The molecule has 1 heterocycles. The fourth-order valence-electron chi connectivity index (χ4n) is 2.67.